The van der Waals surface area contributed by atoms with E-state index in [1.165, 1.54) is 24.2 Å². The van der Waals surface area contributed by atoms with Gasteiger partial charge in [0, 0.05) is 16.7 Å². The van der Waals surface area contributed by atoms with Gasteiger partial charge in [0.25, 0.3) is 0 Å². The predicted molar refractivity (Wildman–Crippen MR) is 114 cm³/mol. The zero-order valence-corrected chi connectivity index (χ0v) is 17.6. The monoisotopic (exact) mass is 397 g/mol. The van der Waals surface area contributed by atoms with Crippen molar-refractivity contribution in [2.75, 3.05) is 44.7 Å². The summed E-state index contributed by atoms with van der Waals surface area (Å²) in [7, 11) is 2.02. The lowest BCUT2D eigenvalue weighted by atomic mass is 9.93. The van der Waals surface area contributed by atoms with Crippen LogP contribution in [0.2, 0.25) is 0 Å². The lowest BCUT2D eigenvalue weighted by molar-refractivity contribution is -0.120. The third kappa shape index (κ3) is 5.62. The van der Waals surface area contributed by atoms with E-state index in [1.54, 1.807) is 0 Å². The number of para-hydroxylation sites is 1. The first-order valence-corrected chi connectivity index (χ1v) is 10.5. The van der Waals surface area contributed by atoms with E-state index in [4.69, 9.17) is 0 Å². The smallest absolute Gasteiger partial charge is 0.241 e. The number of carbonyl (C=O) groups excluding carboxylic acids is 1. The molecule has 1 saturated heterocycles. The Hall–Kier alpha value is -0.750. The van der Waals surface area contributed by atoms with Crippen LogP contribution in [0.1, 0.15) is 32.6 Å². The molecular formula is C20H32ClN3OS. The van der Waals surface area contributed by atoms with Gasteiger partial charge in [-0.15, -0.1) is 24.2 Å². The topological polar surface area (TPSA) is 35.6 Å². The van der Waals surface area contributed by atoms with Crippen LogP contribution in [0.25, 0.3) is 0 Å². The van der Waals surface area contributed by atoms with Gasteiger partial charge in [-0.3, -0.25) is 9.69 Å². The maximum Gasteiger partial charge on any atom is 0.241 e. The predicted octanol–water partition coefficient (Wildman–Crippen LogP) is 3.65. The van der Waals surface area contributed by atoms with Crippen LogP contribution in [-0.4, -0.2) is 55.8 Å². The molecule has 1 fully saturated rings. The van der Waals surface area contributed by atoms with Crippen molar-refractivity contribution in [2.24, 2.45) is 5.92 Å². The Morgan fingerprint density at radius 3 is 2.65 bits per heavy atom. The Morgan fingerprint density at radius 1 is 1.19 bits per heavy atom. The Bertz CT molecular complexity index is 578. The molecule has 1 unspecified atom stereocenters. The number of likely N-dealkylation sites (tertiary alicyclic amines) is 1. The van der Waals surface area contributed by atoms with Crippen LogP contribution in [0.4, 0.5) is 5.69 Å². The Balaban J connectivity index is 0.00000243. The van der Waals surface area contributed by atoms with E-state index in [0.29, 0.717) is 11.8 Å². The molecule has 0 aliphatic carbocycles. The number of rotatable bonds is 5. The molecule has 4 nitrogen and oxygen atoms in total. The third-order valence-electron chi connectivity index (χ3n) is 5.41. The largest absolute Gasteiger partial charge is 0.320 e. The van der Waals surface area contributed by atoms with Gasteiger partial charge < -0.3 is 10.2 Å². The van der Waals surface area contributed by atoms with E-state index >= 15 is 0 Å². The van der Waals surface area contributed by atoms with E-state index in [2.05, 4.69) is 35.3 Å². The second kappa shape index (κ2) is 10.5. The Labute approximate surface area is 168 Å². The van der Waals surface area contributed by atoms with Crippen molar-refractivity contribution in [3.05, 3.63) is 24.3 Å². The molecule has 6 heteroatoms. The number of thioether (sulfide) groups is 1. The van der Waals surface area contributed by atoms with Crippen molar-refractivity contribution in [2.45, 2.75) is 42.8 Å². The van der Waals surface area contributed by atoms with Crippen molar-refractivity contribution in [3.8, 4) is 0 Å². The van der Waals surface area contributed by atoms with Gasteiger partial charge >= 0.3 is 0 Å². The van der Waals surface area contributed by atoms with Crippen LogP contribution < -0.4 is 10.2 Å². The molecule has 0 spiro atoms. The van der Waals surface area contributed by atoms with Gasteiger partial charge in [0.05, 0.1) is 12.2 Å². The molecule has 1 amide bonds. The van der Waals surface area contributed by atoms with E-state index in [1.807, 2.05) is 29.8 Å². The number of fused-ring (bicyclic) bond motifs is 1. The highest BCUT2D eigenvalue weighted by molar-refractivity contribution is 8.00. The zero-order valence-electron chi connectivity index (χ0n) is 15.9. The van der Waals surface area contributed by atoms with Crippen LogP contribution in [0.15, 0.2) is 29.2 Å². The molecule has 146 valence electrons. The normalized spacial score (nSPS) is 21.6. The van der Waals surface area contributed by atoms with Crippen molar-refractivity contribution in [1.82, 2.24) is 10.2 Å². The highest BCUT2D eigenvalue weighted by Crippen LogP contribution is 2.37. The minimum absolute atomic E-state index is 0. The average molecular weight is 398 g/mol. The van der Waals surface area contributed by atoms with Crippen LogP contribution >= 0.6 is 24.2 Å². The maximum absolute atomic E-state index is 13.0. The summed E-state index contributed by atoms with van der Waals surface area (Å²) in [6.45, 7) is 6.87. The van der Waals surface area contributed by atoms with E-state index in [0.717, 1.165) is 44.2 Å². The van der Waals surface area contributed by atoms with Crippen LogP contribution in [0.5, 0.6) is 0 Å². The zero-order chi connectivity index (χ0) is 17.6. The van der Waals surface area contributed by atoms with Gasteiger partial charge in [-0.05, 0) is 70.4 Å². The summed E-state index contributed by atoms with van der Waals surface area (Å²) in [5.41, 5.74) is 1.10. The number of benzene rings is 1. The summed E-state index contributed by atoms with van der Waals surface area (Å²) < 4.78 is 0. The van der Waals surface area contributed by atoms with Gasteiger partial charge in [-0.25, -0.2) is 0 Å². The standard InChI is InChI=1S/C20H31N3OS.ClH/c1-16-8-14-23(18-5-3-4-6-19(18)25-16)20(24)15-22-12-9-17(10-13-22)7-11-21-2;/h3-6,16-17,21H,7-15H2,1-2H3;1H. The fourth-order valence-corrected chi connectivity index (χ4v) is 4.92. The summed E-state index contributed by atoms with van der Waals surface area (Å²) in [6.07, 6.45) is 4.75. The van der Waals surface area contributed by atoms with Gasteiger partial charge in [-0.2, -0.15) is 0 Å². The lowest BCUT2D eigenvalue weighted by Gasteiger charge is -2.33. The lowest BCUT2D eigenvalue weighted by Crippen LogP contribution is -2.44. The second-order valence-electron chi connectivity index (χ2n) is 7.34. The van der Waals surface area contributed by atoms with Gasteiger partial charge in [0.2, 0.25) is 5.91 Å². The van der Waals surface area contributed by atoms with Crippen LogP contribution in [-0.2, 0) is 4.79 Å². The van der Waals surface area contributed by atoms with Crippen LogP contribution in [0.3, 0.4) is 0 Å². The van der Waals surface area contributed by atoms with Gasteiger partial charge in [-0.1, -0.05) is 19.1 Å². The first-order valence-electron chi connectivity index (χ1n) is 9.60. The first-order chi connectivity index (χ1) is 12.2. The molecule has 0 bridgehead atoms. The molecule has 2 aliphatic heterocycles. The maximum atomic E-state index is 13.0. The highest BCUT2D eigenvalue weighted by Gasteiger charge is 2.27. The molecule has 1 atom stereocenters. The molecule has 0 radical (unpaired) electrons. The van der Waals surface area contributed by atoms with Crippen LogP contribution in [0, 0.1) is 5.92 Å². The highest BCUT2D eigenvalue weighted by atomic mass is 35.5. The molecule has 3 rings (SSSR count). The van der Waals surface area contributed by atoms with Gasteiger partial charge in [0.1, 0.15) is 0 Å². The molecular weight excluding hydrogens is 366 g/mol. The fraction of sp³-hybridized carbons (Fsp3) is 0.650. The molecule has 1 N–H and O–H groups in total. The summed E-state index contributed by atoms with van der Waals surface area (Å²) in [4.78, 5) is 18.6. The summed E-state index contributed by atoms with van der Waals surface area (Å²) in [6, 6.07) is 8.36. The number of carbonyl (C=O) groups is 1. The summed E-state index contributed by atoms with van der Waals surface area (Å²) in [5, 5.41) is 3.80. The number of amides is 1. The van der Waals surface area contributed by atoms with Gasteiger partial charge in [0.15, 0.2) is 0 Å². The van der Waals surface area contributed by atoms with Crippen molar-refractivity contribution in [3.63, 3.8) is 0 Å². The number of hydrogen-bond donors (Lipinski definition) is 1. The summed E-state index contributed by atoms with van der Waals surface area (Å²) >= 11 is 1.89. The van der Waals surface area contributed by atoms with Crippen molar-refractivity contribution >= 4 is 35.8 Å². The number of anilines is 1. The third-order valence-corrected chi connectivity index (χ3v) is 6.65. The van der Waals surface area contributed by atoms with E-state index in [-0.39, 0.29) is 18.3 Å². The van der Waals surface area contributed by atoms with Crippen molar-refractivity contribution in [1.29, 1.82) is 0 Å². The SMILES string of the molecule is CNCCC1CCN(CC(=O)N2CCC(C)Sc3ccccc32)CC1.Cl. The average Bonchev–Trinajstić information content (AvgIpc) is 2.79. The quantitative estimate of drug-likeness (QED) is 0.822. The summed E-state index contributed by atoms with van der Waals surface area (Å²) in [5.74, 6) is 1.07. The number of piperidine rings is 1. The van der Waals surface area contributed by atoms with E-state index in [9.17, 15) is 4.79 Å². The number of nitrogens with zero attached hydrogens (tertiary/aromatic N) is 2. The fourth-order valence-electron chi connectivity index (χ4n) is 3.80. The number of halogens is 1. The second-order valence-corrected chi connectivity index (χ2v) is 8.82. The molecule has 2 aliphatic rings. The minimum atomic E-state index is 0. The Morgan fingerprint density at radius 2 is 1.92 bits per heavy atom. The molecule has 1 aromatic carbocycles. The number of nitrogens with one attached hydrogen (secondary N) is 1. The molecule has 2 heterocycles. The molecule has 0 aromatic heterocycles. The van der Waals surface area contributed by atoms with E-state index < -0.39 is 0 Å². The Kier molecular flexibility index (Phi) is 8.74. The number of hydrogen-bond acceptors (Lipinski definition) is 4. The molecule has 0 saturated carbocycles. The molecule has 26 heavy (non-hydrogen) atoms. The first kappa shape index (κ1) is 21.5. The molecule has 1 aromatic rings. The minimum Gasteiger partial charge on any atom is -0.320 e. The van der Waals surface area contributed by atoms with Crippen molar-refractivity contribution < 1.29 is 4.79 Å².